The first kappa shape index (κ1) is 22.7. The minimum absolute atomic E-state index is 0.164. The van der Waals surface area contributed by atoms with Crippen molar-refractivity contribution in [3.8, 4) is 22.3 Å². The Morgan fingerprint density at radius 2 is 1.65 bits per heavy atom. The van der Waals surface area contributed by atoms with Crippen molar-refractivity contribution < 1.29 is 14.3 Å². The Balaban J connectivity index is 1.62. The van der Waals surface area contributed by atoms with Crippen LogP contribution in [-0.4, -0.2) is 17.5 Å². The number of rotatable bonds is 2. The molecule has 34 heavy (non-hydrogen) atoms. The summed E-state index contributed by atoms with van der Waals surface area (Å²) in [5, 5.41) is 3.42. The SMILES string of the molecule is CC(C)(C)OC(=O)Nc1ccc(Cl)cc1-c1cccc2c1CC(=O)c1c-2ccc2c1CCCC2. The summed E-state index contributed by atoms with van der Waals surface area (Å²) < 4.78 is 5.45. The zero-order valence-corrected chi connectivity index (χ0v) is 20.5. The van der Waals surface area contributed by atoms with Crippen molar-refractivity contribution in [1.82, 2.24) is 0 Å². The van der Waals surface area contributed by atoms with Crippen LogP contribution < -0.4 is 5.32 Å². The maximum Gasteiger partial charge on any atom is 0.412 e. The molecule has 0 unspecified atom stereocenters. The lowest BCUT2D eigenvalue weighted by Crippen LogP contribution is -2.27. The molecule has 1 amide bonds. The molecule has 0 bridgehead atoms. The molecule has 0 atom stereocenters. The lowest BCUT2D eigenvalue weighted by molar-refractivity contribution is 0.0635. The number of hydrogen-bond acceptors (Lipinski definition) is 3. The van der Waals surface area contributed by atoms with E-state index in [1.165, 1.54) is 17.5 Å². The van der Waals surface area contributed by atoms with Gasteiger partial charge >= 0.3 is 6.09 Å². The second-order valence-electron chi connectivity index (χ2n) is 10.1. The summed E-state index contributed by atoms with van der Waals surface area (Å²) in [6, 6.07) is 15.7. The van der Waals surface area contributed by atoms with E-state index in [2.05, 4.69) is 23.5 Å². The van der Waals surface area contributed by atoms with Crippen LogP contribution in [0, 0.1) is 0 Å². The number of benzene rings is 3. The van der Waals surface area contributed by atoms with Crippen LogP contribution in [0.25, 0.3) is 22.3 Å². The molecule has 2 aliphatic carbocycles. The molecule has 0 spiro atoms. The van der Waals surface area contributed by atoms with Crippen LogP contribution in [0.1, 0.15) is 60.7 Å². The molecule has 0 saturated heterocycles. The zero-order chi connectivity index (χ0) is 24.0. The Morgan fingerprint density at radius 1 is 0.912 bits per heavy atom. The fraction of sp³-hybridized carbons (Fsp3) is 0.310. The van der Waals surface area contributed by atoms with Gasteiger partial charge in [-0.05, 0) is 98.0 Å². The predicted octanol–water partition coefficient (Wildman–Crippen LogP) is 7.64. The maximum absolute atomic E-state index is 13.5. The van der Waals surface area contributed by atoms with Crippen LogP contribution in [0.5, 0.6) is 0 Å². The molecule has 0 fully saturated rings. The van der Waals surface area contributed by atoms with Crippen LogP contribution in [0.15, 0.2) is 48.5 Å². The number of ether oxygens (including phenoxy) is 1. The number of aryl methyl sites for hydroxylation is 1. The first-order chi connectivity index (χ1) is 16.2. The van der Waals surface area contributed by atoms with E-state index in [-0.39, 0.29) is 5.78 Å². The Bertz CT molecular complexity index is 1320. The molecule has 1 N–H and O–H groups in total. The third-order valence-corrected chi connectivity index (χ3v) is 6.76. The number of anilines is 1. The van der Waals surface area contributed by atoms with Crippen molar-refractivity contribution in [3.63, 3.8) is 0 Å². The van der Waals surface area contributed by atoms with Crippen LogP contribution in [-0.2, 0) is 24.0 Å². The predicted molar refractivity (Wildman–Crippen MR) is 137 cm³/mol. The average Bonchev–Trinajstić information content (AvgIpc) is 2.78. The van der Waals surface area contributed by atoms with Gasteiger partial charge in [-0.1, -0.05) is 41.9 Å². The van der Waals surface area contributed by atoms with E-state index in [1.54, 1.807) is 12.1 Å². The molecular weight excluding hydrogens is 446 g/mol. The summed E-state index contributed by atoms with van der Waals surface area (Å²) in [4.78, 5) is 26.0. The highest BCUT2D eigenvalue weighted by atomic mass is 35.5. The number of hydrogen-bond donors (Lipinski definition) is 1. The topological polar surface area (TPSA) is 55.4 Å². The third-order valence-electron chi connectivity index (χ3n) is 6.52. The van der Waals surface area contributed by atoms with Gasteiger partial charge in [0.2, 0.25) is 0 Å². The highest BCUT2D eigenvalue weighted by Crippen LogP contribution is 2.43. The van der Waals surface area contributed by atoms with Crippen molar-refractivity contribution in [2.24, 2.45) is 0 Å². The molecule has 0 saturated carbocycles. The van der Waals surface area contributed by atoms with Crippen LogP contribution >= 0.6 is 11.6 Å². The molecule has 5 rings (SSSR count). The Labute approximate surface area is 205 Å². The van der Waals surface area contributed by atoms with E-state index in [1.807, 2.05) is 39.0 Å². The summed E-state index contributed by atoms with van der Waals surface area (Å²) in [7, 11) is 0. The molecule has 0 heterocycles. The third kappa shape index (κ3) is 4.23. The summed E-state index contributed by atoms with van der Waals surface area (Å²) in [5.74, 6) is 0.164. The van der Waals surface area contributed by atoms with Gasteiger partial charge in [-0.2, -0.15) is 0 Å². The van der Waals surface area contributed by atoms with Gasteiger partial charge in [0.05, 0.1) is 5.69 Å². The van der Waals surface area contributed by atoms with Crippen LogP contribution in [0.4, 0.5) is 10.5 Å². The molecule has 0 radical (unpaired) electrons. The van der Waals surface area contributed by atoms with Gasteiger partial charge < -0.3 is 4.74 Å². The second kappa shape index (κ2) is 8.59. The van der Waals surface area contributed by atoms with E-state index in [4.69, 9.17) is 16.3 Å². The number of ketones is 1. The van der Waals surface area contributed by atoms with Gasteiger partial charge in [-0.15, -0.1) is 0 Å². The first-order valence-corrected chi connectivity index (χ1v) is 12.2. The van der Waals surface area contributed by atoms with Gasteiger partial charge in [0.1, 0.15) is 5.60 Å². The van der Waals surface area contributed by atoms with Gasteiger partial charge in [-0.25, -0.2) is 4.79 Å². The molecule has 5 heteroatoms. The zero-order valence-electron chi connectivity index (χ0n) is 19.8. The van der Waals surface area contributed by atoms with Gasteiger partial charge in [0.25, 0.3) is 0 Å². The van der Waals surface area contributed by atoms with E-state index >= 15 is 0 Å². The summed E-state index contributed by atoms with van der Waals surface area (Å²) >= 11 is 6.37. The Hall–Kier alpha value is -3.11. The van der Waals surface area contributed by atoms with Crippen LogP contribution in [0.3, 0.4) is 0 Å². The van der Waals surface area contributed by atoms with Gasteiger partial charge in [-0.3, -0.25) is 10.1 Å². The second-order valence-corrected chi connectivity index (χ2v) is 10.5. The molecule has 0 aliphatic heterocycles. The minimum Gasteiger partial charge on any atom is -0.444 e. The van der Waals surface area contributed by atoms with E-state index < -0.39 is 11.7 Å². The lowest BCUT2D eigenvalue weighted by atomic mass is 9.76. The number of carbonyl (C=O) groups is 2. The number of carbonyl (C=O) groups excluding carboxylic acids is 2. The number of amides is 1. The fourth-order valence-electron chi connectivity index (χ4n) is 5.16. The standard InChI is InChI=1S/C29H28ClNO3/c1-29(2,3)34-28(33)31-25-14-12-18(30)15-24(25)21-10-6-9-20-22-13-11-17-7-4-5-8-19(17)27(22)26(32)16-23(20)21/h6,9-15H,4-5,7-8,16H2,1-3H3,(H,31,33). The average molecular weight is 474 g/mol. The minimum atomic E-state index is -0.613. The first-order valence-electron chi connectivity index (χ1n) is 11.8. The monoisotopic (exact) mass is 473 g/mol. The quantitative estimate of drug-likeness (QED) is 0.416. The highest BCUT2D eigenvalue weighted by Gasteiger charge is 2.30. The number of halogens is 1. The largest absolute Gasteiger partial charge is 0.444 e. The number of fused-ring (bicyclic) bond motifs is 5. The Kier molecular flexibility index (Phi) is 5.73. The van der Waals surface area contributed by atoms with Crippen molar-refractivity contribution in [2.45, 2.75) is 58.5 Å². The van der Waals surface area contributed by atoms with Crippen LogP contribution in [0.2, 0.25) is 5.02 Å². The number of Topliss-reactive ketones (excluding diaryl/α,β-unsaturated/α-hetero) is 1. The number of nitrogens with one attached hydrogen (secondary N) is 1. The Morgan fingerprint density at radius 3 is 2.41 bits per heavy atom. The van der Waals surface area contributed by atoms with Crippen molar-refractivity contribution in [3.05, 3.63) is 75.8 Å². The van der Waals surface area contributed by atoms with Crippen molar-refractivity contribution in [1.29, 1.82) is 0 Å². The lowest BCUT2D eigenvalue weighted by Gasteiger charge is -2.27. The van der Waals surface area contributed by atoms with E-state index in [0.29, 0.717) is 17.1 Å². The molecule has 3 aromatic carbocycles. The maximum atomic E-state index is 13.5. The molecule has 3 aromatic rings. The molecule has 174 valence electrons. The molecule has 4 nitrogen and oxygen atoms in total. The fourth-order valence-corrected chi connectivity index (χ4v) is 5.34. The smallest absolute Gasteiger partial charge is 0.412 e. The molecular formula is C29H28ClNO3. The van der Waals surface area contributed by atoms with E-state index in [9.17, 15) is 9.59 Å². The molecule has 0 aromatic heterocycles. The summed E-state index contributed by atoms with van der Waals surface area (Å²) in [5.41, 5.74) is 8.14. The van der Waals surface area contributed by atoms with Gasteiger partial charge in [0.15, 0.2) is 5.78 Å². The normalized spacial score (nSPS) is 14.6. The summed E-state index contributed by atoms with van der Waals surface area (Å²) in [6.45, 7) is 5.47. The summed E-state index contributed by atoms with van der Waals surface area (Å²) in [6.07, 6.45) is 4.12. The highest BCUT2D eigenvalue weighted by molar-refractivity contribution is 6.31. The van der Waals surface area contributed by atoms with Crippen molar-refractivity contribution >= 4 is 29.2 Å². The van der Waals surface area contributed by atoms with Gasteiger partial charge in [0, 0.05) is 22.6 Å². The van der Waals surface area contributed by atoms with E-state index in [0.717, 1.165) is 52.6 Å². The van der Waals surface area contributed by atoms with Crippen molar-refractivity contribution in [2.75, 3.05) is 5.32 Å². The molecule has 2 aliphatic rings.